The number of para-hydroxylation sites is 1. The molecule has 3 rings (SSSR count). The van der Waals surface area contributed by atoms with E-state index in [1.807, 2.05) is 50.2 Å². The molecule has 3 aromatic rings. The first-order valence-corrected chi connectivity index (χ1v) is 8.52. The molecule has 0 bridgehead atoms. The summed E-state index contributed by atoms with van der Waals surface area (Å²) in [6.45, 7) is 4.54. The van der Waals surface area contributed by atoms with E-state index in [-0.39, 0.29) is 11.8 Å². The van der Waals surface area contributed by atoms with Crippen molar-refractivity contribution >= 4 is 11.9 Å². The average Bonchev–Trinajstić information content (AvgIpc) is 3.11. The van der Waals surface area contributed by atoms with Crippen LogP contribution in [0.1, 0.15) is 41.5 Å². The van der Waals surface area contributed by atoms with Crippen LogP contribution in [0.4, 0.5) is 5.95 Å². The van der Waals surface area contributed by atoms with Gasteiger partial charge in [0.25, 0.3) is 5.91 Å². The number of methoxy groups -OCH3 is 1. The van der Waals surface area contributed by atoms with E-state index in [0.29, 0.717) is 29.6 Å². The van der Waals surface area contributed by atoms with Gasteiger partial charge in [-0.15, -0.1) is 5.10 Å². The van der Waals surface area contributed by atoms with E-state index in [4.69, 9.17) is 4.74 Å². The first-order chi connectivity index (χ1) is 12.6. The van der Waals surface area contributed by atoms with Crippen molar-refractivity contribution < 1.29 is 9.53 Å². The number of hydrogen-bond acceptors (Lipinski definition) is 5. The van der Waals surface area contributed by atoms with Crippen LogP contribution in [-0.4, -0.2) is 27.8 Å². The first-order valence-electron chi connectivity index (χ1n) is 8.52. The van der Waals surface area contributed by atoms with Gasteiger partial charge in [0.1, 0.15) is 5.75 Å². The molecule has 26 heavy (non-hydrogen) atoms. The minimum atomic E-state index is -0.280. The lowest BCUT2D eigenvalue weighted by Crippen LogP contribution is -2.18. The molecule has 6 nitrogen and oxygen atoms in total. The van der Waals surface area contributed by atoms with E-state index in [2.05, 4.69) is 15.4 Å². The Morgan fingerprint density at radius 2 is 1.81 bits per heavy atom. The summed E-state index contributed by atoms with van der Waals surface area (Å²) in [7, 11) is 1.54. The van der Waals surface area contributed by atoms with Crippen LogP contribution in [0.2, 0.25) is 0 Å². The maximum absolute atomic E-state index is 13.0. The molecule has 134 valence electrons. The van der Waals surface area contributed by atoms with Crippen molar-refractivity contribution in [3.63, 3.8) is 0 Å². The number of rotatable bonds is 6. The number of anilines is 1. The predicted molar refractivity (Wildman–Crippen MR) is 101 cm³/mol. The summed E-state index contributed by atoms with van der Waals surface area (Å²) in [5.41, 5.74) is 1.54. The second-order valence-electron chi connectivity index (χ2n) is 6.20. The molecule has 0 saturated heterocycles. The van der Waals surface area contributed by atoms with Gasteiger partial charge >= 0.3 is 0 Å². The highest BCUT2D eigenvalue weighted by molar-refractivity contribution is 5.99. The van der Waals surface area contributed by atoms with Gasteiger partial charge in [0.2, 0.25) is 5.95 Å². The van der Waals surface area contributed by atoms with Gasteiger partial charge in [-0.2, -0.15) is 9.67 Å². The molecule has 0 amide bonds. The Morgan fingerprint density at radius 3 is 2.50 bits per heavy atom. The summed E-state index contributed by atoms with van der Waals surface area (Å²) in [6, 6.07) is 17.0. The number of benzene rings is 2. The topological polar surface area (TPSA) is 69.0 Å². The molecular weight excluding hydrogens is 328 g/mol. The molecule has 0 aliphatic heterocycles. The van der Waals surface area contributed by atoms with Gasteiger partial charge in [-0.25, -0.2) is 0 Å². The fourth-order valence-electron chi connectivity index (χ4n) is 2.54. The lowest BCUT2D eigenvalue weighted by Gasteiger charge is -2.09. The van der Waals surface area contributed by atoms with Crippen LogP contribution in [0.25, 0.3) is 0 Å². The summed E-state index contributed by atoms with van der Waals surface area (Å²) in [5.74, 6) is 1.38. The van der Waals surface area contributed by atoms with Crippen molar-refractivity contribution in [1.29, 1.82) is 0 Å². The van der Waals surface area contributed by atoms with Crippen LogP contribution in [0, 0.1) is 0 Å². The van der Waals surface area contributed by atoms with Crippen LogP contribution in [0.15, 0.2) is 54.6 Å². The molecule has 0 fully saturated rings. The Hall–Kier alpha value is -3.15. The SMILES string of the molecule is COc1ccccc1C(=O)n1nc(C(C)C)nc1NCc1ccccc1. The van der Waals surface area contributed by atoms with Crippen LogP contribution >= 0.6 is 0 Å². The lowest BCUT2D eigenvalue weighted by atomic mass is 10.2. The summed E-state index contributed by atoms with van der Waals surface area (Å²) < 4.78 is 6.62. The molecule has 0 saturated carbocycles. The largest absolute Gasteiger partial charge is 0.496 e. The Bertz CT molecular complexity index is 888. The van der Waals surface area contributed by atoms with Crippen molar-refractivity contribution in [2.45, 2.75) is 26.3 Å². The number of carbonyl (C=O) groups excluding carboxylic acids is 1. The molecule has 0 spiro atoms. The number of nitrogens with one attached hydrogen (secondary N) is 1. The highest BCUT2D eigenvalue weighted by Crippen LogP contribution is 2.21. The zero-order chi connectivity index (χ0) is 18.5. The fourth-order valence-corrected chi connectivity index (χ4v) is 2.54. The first kappa shape index (κ1) is 17.7. The van der Waals surface area contributed by atoms with E-state index >= 15 is 0 Å². The van der Waals surface area contributed by atoms with Crippen molar-refractivity contribution in [2.75, 3.05) is 12.4 Å². The highest BCUT2D eigenvalue weighted by Gasteiger charge is 2.21. The number of nitrogens with zero attached hydrogens (tertiary/aromatic N) is 3. The minimum Gasteiger partial charge on any atom is -0.496 e. The Labute approximate surface area is 152 Å². The maximum Gasteiger partial charge on any atom is 0.285 e. The van der Waals surface area contributed by atoms with Crippen molar-refractivity contribution in [3.8, 4) is 5.75 Å². The van der Waals surface area contributed by atoms with Crippen LogP contribution in [-0.2, 0) is 6.54 Å². The van der Waals surface area contributed by atoms with Gasteiger partial charge in [0.15, 0.2) is 5.82 Å². The number of ether oxygens (including phenoxy) is 1. The Morgan fingerprint density at radius 1 is 1.12 bits per heavy atom. The molecule has 1 N–H and O–H groups in total. The van der Waals surface area contributed by atoms with Gasteiger partial charge < -0.3 is 10.1 Å². The molecular formula is C20H22N4O2. The zero-order valence-corrected chi connectivity index (χ0v) is 15.1. The molecule has 0 radical (unpaired) electrons. The normalized spacial score (nSPS) is 10.8. The lowest BCUT2D eigenvalue weighted by molar-refractivity contribution is 0.0943. The fraction of sp³-hybridized carbons (Fsp3) is 0.250. The van der Waals surface area contributed by atoms with E-state index in [1.165, 1.54) is 4.68 Å². The average molecular weight is 350 g/mol. The monoisotopic (exact) mass is 350 g/mol. The van der Waals surface area contributed by atoms with Crippen molar-refractivity contribution in [1.82, 2.24) is 14.8 Å². The van der Waals surface area contributed by atoms with Gasteiger partial charge in [-0.3, -0.25) is 4.79 Å². The minimum absolute atomic E-state index is 0.110. The van der Waals surface area contributed by atoms with E-state index in [9.17, 15) is 4.79 Å². The van der Waals surface area contributed by atoms with Crippen molar-refractivity contribution in [3.05, 3.63) is 71.5 Å². The highest BCUT2D eigenvalue weighted by atomic mass is 16.5. The summed E-state index contributed by atoms with van der Waals surface area (Å²) in [6.07, 6.45) is 0. The molecule has 6 heteroatoms. The quantitative estimate of drug-likeness (QED) is 0.734. The third-order valence-electron chi connectivity index (χ3n) is 3.96. The standard InChI is InChI=1S/C20H22N4O2/c1-14(2)18-22-20(21-13-15-9-5-4-6-10-15)24(23-18)19(25)16-11-7-8-12-17(16)26-3/h4-12,14H,13H2,1-3H3,(H,21,22,23). The number of carbonyl (C=O) groups is 1. The van der Waals surface area contributed by atoms with Gasteiger partial charge in [0.05, 0.1) is 12.7 Å². The Kier molecular flexibility index (Phi) is 5.31. The van der Waals surface area contributed by atoms with Crippen LogP contribution < -0.4 is 10.1 Å². The second kappa shape index (κ2) is 7.82. The Balaban J connectivity index is 1.93. The molecule has 1 heterocycles. The second-order valence-corrected chi connectivity index (χ2v) is 6.20. The molecule has 0 aliphatic rings. The van der Waals surface area contributed by atoms with E-state index in [1.54, 1.807) is 25.3 Å². The van der Waals surface area contributed by atoms with Crippen molar-refractivity contribution in [2.24, 2.45) is 0 Å². The molecule has 0 atom stereocenters. The smallest absolute Gasteiger partial charge is 0.285 e. The molecule has 1 aromatic heterocycles. The third-order valence-corrected chi connectivity index (χ3v) is 3.96. The molecule has 0 unspecified atom stereocenters. The molecule has 0 aliphatic carbocycles. The van der Waals surface area contributed by atoms with Gasteiger partial charge in [-0.1, -0.05) is 56.3 Å². The van der Waals surface area contributed by atoms with E-state index < -0.39 is 0 Å². The van der Waals surface area contributed by atoms with Gasteiger partial charge in [-0.05, 0) is 17.7 Å². The van der Waals surface area contributed by atoms with Crippen LogP contribution in [0.3, 0.4) is 0 Å². The summed E-state index contributed by atoms with van der Waals surface area (Å²) >= 11 is 0. The zero-order valence-electron chi connectivity index (χ0n) is 15.1. The predicted octanol–water partition coefficient (Wildman–Crippen LogP) is 3.71. The number of hydrogen-bond donors (Lipinski definition) is 1. The van der Waals surface area contributed by atoms with Crippen LogP contribution in [0.5, 0.6) is 5.75 Å². The molecule has 2 aromatic carbocycles. The summed E-state index contributed by atoms with van der Waals surface area (Å²) in [5, 5.41) is 7.63. The number of aromatic nitrogens is 3. The maximum atomic E-state index is 13.0. The third kappa shape index (κ3) is 3.74. The summed E-state index contributed by atoms with van der Waals surface area (Å²) in [4.78, 5) is 17.5. The van der Waals surface area contributed by atoms with E-state index in [0.717, 1.165) is 5.56 Å². The van der Waals surface area contributed by atoms with Gasteiger partial charge in [0, 0.05) is 12.5 Å².